The highest BCUT2D eigenvalue weighted by molar-refractivity contribution is 5.75. The van der Waals surface area contributed by atoms with Crippen molar-refractivity contribution in [1.29, 1.82) is 0 Å². The van der Waals surface area contributed by atoms with Crippen molar-refractivity contribution < 1.29 is 9.18 Å². The van der Waals surface area contributed by atoms with Crippen LogP contribution in [0.2, 0.25) is 0 Å². The molecule has 4 rings (SSSR count). The first-order chi connectivity index (χ1) is 14.5. The van der Waals surface area contributed by atoms with Gasteiger partial charge in [0.2, 0.25) is 5.91 Å². The number of fused-ring (bicyclic) bond motifs is 1. The maximum atomic E-state index is 13.1. The van der Waals surface area contributed by atoms with E-state index in [1.165, 1.54) is 21.2 Å². The zero-order chi connectivity index (χ0) is 21.1. The first kappa shape index (κ1) is 19.6. The number of nitrogens with zero attached hydrogens (tertiary/aromatic N) is 3. The number of aryl methyl sites for hydroxylation is 2. The topological polar surface area (TPSA) is 68.4 Å². The Morgan fingerprint density at radius 1 is 1.10 bits per heavy atom. The lowest BCUT2D eigenvalue weighted by molar-refractivity contribution is -0.121. The standard InChI is InChI=1S/C23H21FN4O2/c1-16-4-2-3-5-18(16)15-25-22(29)10-11-27-12-13-28-21(23(27)30)14-20(26-28)17-6-8-19(24)9-7-17/h2-9,12-14H,10-11,15H2,1H3,(H,25,29). The SMILES string of the molecule is Cc1ccccc1CNC(=O)CCn1ccn2nc(-c3ccc(F)cc3)cc2c1=O. The summed E-state index contributed by atoms with van der Waals surface area (Å²) >= 11 is 0. The number of amides is 1. The van der Waals surface area contributed by atoms with E-state index in [0.29, 0.717) is 17.8 Å². The van der Waals surface area contributed by atoms with Gasteiger partial charge in [-0.05, 0) is 48.4 Å². The van der Waals surface area contributed by atoms with E-state index in [-0.39, 0.29) is 30.2 Å². The molecule has 0 aliphatic carbocycles. The Kier molecular flexibility index (Phi) is 5.43. The smallest absolute Gasteiger partial charge is 0.276 e. The summed E-state index contributed by atoms with van der Waals surface area (Å²) in [6, 6.07) is 15.5. The first-order valence-corrected chi connectivity index (χ1v) is 9.67. The Labute approximate surface area is 172 Å². The third kappa shape index (κ3) is 4.15. The van der Waals surface area contributed by atoms with Gasteiger partial charge in [0, 0.05) is 37.5 Å². The van der Waals surface area contributed by atoms with E-state index in [1.807, 2.05) is 31.2 Å². The summed E-state index contributed by atoms with van der Waals surface area (Å²) in [6.45, 7) is 2.73. The molecule has 2 aromatic carbocycles. The van der Waals surface area contributed by atoms with Crippen molar-refractivity contribution in [2.45, 2.75) is 26.4 Å². The maximum Gasteiger partial charge on any atom is 0.276 e. The summed E-state index contributed by atoms with van der Waals surface area (Å²) in [5.41, 5.74) is 3.67. The lowest BCUT2D eigenvalue weighted by Crippen LogP contribution is -2.27. The molecule has 4 aromatic rings. The molecule has 1 amide bonds. The predicted molar refractivity (Wildman–Crippen MR) is 112 cm³/mol. The lowest BCUT2D eigenvalue weighted by atomic mass is 10.1. The predicted octanol–water partition coefficient (Wildman–Crippen LogP) is 3.32. The van der Waals surface area contributed by atoms with E-state index in [9.17, 15) is 14.0 Å². The van der Waals surface area contributed by atoms with Gasteiger partial charge in [-0.1, -0.05) is 24.3 Å². The van der Waals surface area contributed by atoms with Crippen LogP contribution in [0.1, 0.15) is 17.5 Å². The van der Waals surface area contributed by atoms with Gasteiger partial charge in [0.15, 0.2) is 0 Å². The Bertz CT molecular complexity index is 1260. The van der Waals surface area contributed by atoms with Crippen molar-refractivity contribution in [3.63, 3.8) is 0 Å². The third-order valence-electron chi connectivity index (χ3n) is 5.06. The molecule has 0 aliphatic heterocycles. The number of rotatable bonds is 6. The summed E-state index contributed by atoms with van der Waals surface area (Å²) < 4.78 is 16.1. The molecule has 7 heteroatoms. The van der Waals surface area contributed by atoms with Gasteiger partial charge in [-0.3, -0.25) is 9.59 Å². The number of hydrogen-bond donors (Lipinski definition) is 1. The number of hydrogen-bond acceptors (Lipinski definition) is 3. The van der Waals surface area contributed by atoms with Crippen molar-refractivity contribution in [1.82, 2.24) is 19.5 Å². The van der Waals surface area contributed by atoms with Gasteiger partial charge in [0.05, 0.1) is 5.69 Å². The van der Waals surface area contributed by atoms with Crippen LogP contribution in [0.15, 0.2) is 71.8 Å². The molecule has 6 nitrogen and oxygen atoms in total. The molecule has 0 radical (unpaired) electrons. The van der Waals surface area contributed by atoms with E-state index in [4.69, 9.17) is 0 Å². The quantitative estimate of drug-likeness (QED) is 0.536. The minimum Gasteiger partial charge on any atom is -0.352 e. The summed E-state index contributed by atoms with van der Waals surface area (Å²) in [5.74, 6) is -0.448. The lowest BCUT2D eigenvalue weighted by Gasteiger charge is -2.09. The molecular formula is C23H21FN4O2. The molecule has 2 aromatic heterocycles. The minimum atomic E-state index is -0.328. The summed E-state index contributed by atoms with van der Waals surface area (Å²) in [7, 11) is 0. The largest absolute Gasteiger partial charge is 0.352 e. The second kappa shape index (κ2) is 8.32. The van der Waals surface area contributed by atoms with Crippen LogP contribution < -0.4 is 10.9 Å². The van der Waals surface area contributed by atoms with Crippen molar-refractivity contribution in [3.8, 4) is 11.3 Å². The Hall–Kier alpha value is -3.74. The number of halogens is 1. The molecule has 0 saturated carbocycles. The third-order valence-corrected chi connectivity index (χ3v) is 5.06. The number of aromatic nitrogens is 3. The van der Waals surface area contributed by atoms with Crippen LogP contribution in [-0.2, 0) is 17.9 Å². The molecular weight excluding hydrogens is 383 g/mol. The van der Waals surface area contributed by atoms with Gasteiger partial charge in [-0.2, -0.15) is 5.10 Å². The molecule has 1 N–H and O–H groups in total. The zero-order valence-corrected chi connectivity index (χ0v) is 16.5. The van der Waals surface area contributed by atoms with Gasteiger partial charge in [0.1, 0.15) is 11.3 Å². The Morgan fingerprint density at radius 2 is 1.87 bits per heavy atom. The van der Waals surface area contributed by atoms with Crippen LogP contribution in [-0.4, -0.2) is 20.1 Å². The number of nitrogens with one attached hydrogen (secondary N) is 1. The van der Waals surface area contributed by atoms with E-state index in [1.54, 1.807) is 30.6 Å². The van der Waals surface area contributed by atoms with Crippen molar-refractivity contribution in [2.75, 3.05) is 0 Å². The fraction of sp³-hybridized carbons (Fsp3) is 0.174. The van der Waals surface area contributed by atoms with E-state index >= 15 is 0 Å². The van der Waals surface area contributed by atoms with Crippen LogP contribution in [0.3, 0.4) is 0 Å². The average molecular weight is 404 g/mol. The molecule has 0 fully saturated rings. The summed E-state index contributed by atoms with van der Waals surface area (Å²) in [4.78, 5) is 25.0. The van der Waals surface area contributed by atoms with Gasteiger partial charge in [-0.25, -0.2) is 8.91 Å². The fourth-order valence-corrected chi connectivity index (χ4v) is 3.28. The van der Waals surface area contributed by atoms with Gasteiger partial charge >= 0.3 is 0 Å². The number of carbonyl (C=O) groups is 1. The van der Waals surface area contributed by atoms with Crippen LogP contribution in [0.5, 0.6) is 0 Å². The van der Waals surface area contributed by atoms with Gasteiger partial charge in [0.25, 0.3) is 5.56 Å². The molecule has 0 spiro atoms. The molecule has 2 heterocycles. The first-order valence-electron chi connectivity index (χ1n) is 9.67. The van der Waals surface area contributed by atoms with Crippen LogP contribution in [0.4, 0.5) is 4.39 Å². The van der Waals surface area contributed by atoms with Crippen LogP contribution in [0.25, 0.3) is 16.8 Å². The molecule has 30 heavy (non-hydrogen) atoms. The van der Waals surface area contributed by atoms with Crippen molar-refractivity contribution >= 4 is 11.4 Å². The van der Waals surface area contributed by atoms with Crippen molar-refractivity contribution in [3.05, 3.63) is 94.3 Å². The molecule has 0 unspecified atom stereocenters. The van der Waals surface area contributed by atoms with Crippen LogP contribution in [0, 0.1) is 12.7 Å². The minimum absolute atomic E-state index is 0.120. The van der Waals surface area contributed by atoms with E-state index < -0.39 is 0 Å². The highest BCUT2D eigenvalue weighted by atomic mass is 19.1. The van der Waals surface area contributed by atoms with Gasteiger partial charge < -0.3 is 9.88 Å². The van der Waals surface area contributed by atoms with E-state index in [0.717, 1.165) is 16.7 Å². The van der Waals surface area contributed by atoms with E-state index in [2.05, 4.69) is 10.4 Å². The maximum absolute atomic E-state index is 13.1. The Morgan fingerprint density at radius 3 is 2.63 bits per heavy atom. The molecule has 0 aliphatic rings. The average Bonchev–Trinajstić information content (AvgIpc) is 3.18. The summed E-state index contributed by atoms with van der Waals surface area (Å²) in [6.07, 6.45) is 3.49. The monoisotopic (exact) mass is 404 g/mol. The van der Waals surface area contributed by atoms with Crippen LogP contribution >= 0.6 is 0 Å². The molecule has 0 atom stereocenters. The number of benzene rings is 2. The highest BCUT2D eigenvalue weighted by Gasteiger charge is 2.10. The van der Waals surface area contributed by atoms with Crippen molar-refractivity contribution in [2.24, 2.45) is 0 Å². The second-order valence-corrected chi connectivity index (χ2v) is 7.12. The second-order valence-electron chi connectivity index (χ2n) is 7.12. The summed E-state index contributed by atoms with van der Waals surface area (Å²) in [5, 5.41) is 7.28. The Balaban J connectivity index is 1.45. The molecule has 0 saturated heterocycles. The van der Waals surface area contributed by atoms with Gasteiger partial charge in [-0.15, -0.1) is 0 Å². The highest BCUT2D eigenvalue weighted by Crippen LogP contribution is 2.18. The number of carbonyl (C=O) groups excluding carboxylic acids is 1. The fourth-order valence-electron chi connectivity index (χ4n) is 3.28. The molecule has 0 bridgehead atoms. The molecule has 152 valence electrons. The zero-order valence-electron chi connectivity index (χ0n) is 16.5. The normalized spacial score (nSPS) is 11.0.